The molecular weight excluding hydrogens is 182 g/mol. The highest BCUT2D eigenvalue weighted by Gasteiger charge is 2.38. The average Bonchev–Trinajstić information content (AvgIpc) is 2.66. The quantitative estimate of drug-likeness (QED) is 0.760. The number of hydrogen-bond donors (Lipinski definition) is 1. The molecule has 0 radical (unpaired) electrons. The number of aryl methyl sites for hydroxylation is 1. The number of hydrogen-bond acceptors (Lipinski definition) is 4. The molecule has 1 aliphatic heterocycles. The fraction of sp³-hybridized carbons (Fsp3) is 0.778. The summed E-state index contributed by atoms with van der Waals surface area (Å²) >= 11 is 0. The molecule has 0 bridgehead atoms. The van der Waals surface area contributed by atoms with Crippen LogP contribution in [0.4, 0.5) is 0 Å². The Kier molecular flexibility index (Phi) is 2.52. The lowest BCUT2D eigenvalue weighted by Gasteiger charge is -2.33. The predicted molar refractivity (Wildman–Crippen MR) is 49.9 cm³/mol. The van der Waals surface area contributed by atoms with E-state index in [-0.39, 0.29) is 5.60 Å². The standard InChI is InChI=1S/C9H15N3O2/c1-7-10-8(12-11-7)9(13-2)3-5-14-6-4-9/h3-6H2,1-2H3,(H,10,11,12). The molecule has 14 heavy (non-hydrogen) atoms. The monoisotopic (exact) mass is 197 g/mol. The molecule has 0 amide bonds. The number of aromatic amines is 1. The van der Waals surface area contributed by atoms with Gasteiger partial charge in [0.15, 0.2) is 5.82 Å². The number of rotatable bonds is 2. The van der Waals surface area contributed by atoms with Gasteiger partial charge in [-0.1, -0.05) is 0 Å². The minimum atomic E-state index is -0.344. The van der Waals surface area contributed by atoms with Gasteiger partial charge < -0.3 is 9.47 Å². The zero-order chi connectivity index (χ0) is 10.0. The van der Waals surface area contributed by atoms with Crippen molar-refractivity contribution in [3.05, 3.63) is 11.6 Å². The first kappa shape index (κ1) is 9.61. The van der Waals surface area contributed by atoms with Crippen LogP contribution < -0.4 is 0 Å². The van der Waals surface area contributed by atoms with Crippen molar-refractivity contribution >= 4 is 0 Å². The normalized spacial score (nSPS) is 21.0. The van der Waals surface area contributed by atoms with Gasteiger partial charge in [-0.3, -0.25) is 5.10 Å². The van der Waals surface area contributed by atoms with Crippen LogP contribution in [0.2, 0.25) is 0 Å². The van der Waals surface area contributed by atoms with Crippen LogP contribution in [0.1, 0.15) is 24.5 Å². The van der Waals surface area contributed by atoms with E-state index in [1.807, 2.05) is 6.92 Å². The number of nitrogens with zero attached hydrogens (tertiary/aromatic N) is 2. The second-order valence-electron chi connectivity index (χ2n) is 3.56. The van der Waals surface area contributed by atoms with Crippen molar-refractivity contribution in [3.63, 3.8) is 0 Å². The van der Waals surface area contributed by atoms with E-state index in [9.17, 15) is 0 Å². The molecule has 1 aromatic rings. The van der Waals surface area contributed by atoms with E-state index >= 15 is 0 Å². The van der Waals surface area contributed by atoms with E-state index in [1.54, 1.807) is 7.11 Å². The third-order valence-corrected chi connectivity index (χ3v) is 2.70. The second-order valence-corrected chi connectivity index (χ2v) is 3.56. The van der Waals surface area contributed by atoms with E-state index in [0.29, 0.717) is 13.2 Å². The predicted octanol–water partition coefficient (Wildman–Crippen LogP) is 0.765. The first-order chi connectivity index (χ1) is 6.77. The summed E-state index contributed by atoms with van der Waals surface area (Å²) in [4.78, 5) is 4.33. The van der Waals surface area contributed by atoms with E-state index in [4.69, 9.17) is 9.47 Å². The van der Waals surface area contributed by atoms with Gasteiger partial charge >= 0.3 is 0 Å². The highest BCUT2D eigenvalue weighted by Crippen LogP contribution is 2.32. The molecule has 0 saturated carbocycles. The van der Waals surface area contributed by atoms with Crippen LogP contribution in [-0.2, 0) is 15.1 Å². The van der Waals surface area contributed by atoms with Crippen molar-refractivity contribution in [1.82, 2.24) is 15.2 Å². The highest BCUT2D eigenvalue weighted by atomic mass is 16.5. The van der Waals surface area contributed by atoms with E-state index in [2.05, 4.69) is 15.2 Å². The van der Waals surface area contributed by atoms with Gasteiger partial charge in [0.2, 0.25) is 0 Å². The van der Waals surface area contributed by atoms with E-state index < -0.39 is 0 Å². The summed E-state index contributed by atoms with van der Waals surface area (Å²) in [6.07, 6.45) is 1.64. The minimum absolute atomic E-state index is 0.344. The van der Waals surface area contributed by atoms with Crippen molar-refractivity contribution in [2.75, 3.05) is 20.3 Å². The molecule has 2 heterocycles. The van der Waals surface area contributed by atoms with E-state index in [1.165, 1.54) is 0 Å². The maximum atomic E-state index is 5.55. The van der Waals surface area contributed by atoms with Crippen LogP contribution in [-0.4, -0.2) is 35.5 Å². The molecule has 0 aliphatic carbocycles. The van der Waals surface area contributed by atoms with Crippen molar-refractivity contribution in [2.45, 2.75) is 25.4 Å². The number of aromatic nitrogens is 3. The molecule has 5 heteroatoms. The lowest BCUT2D eigenvalue weighted by Crippen LogP contribution is -2.36. The molecular formula is C9H15N3O2. The van der Waals surface area contributed by atoms with Crippen LogP contribution in [0.3, 0.4) is 0 Å². The molecule has 0 atom stereocenters. The largest absolute Gasteiger partial charge is 0.381 e. The Bertz CT molecular complexity index is 305. The van der Waals surface area contributed by atoms with E-state index in [0.717, 1.165) is 24.5 Å². The molecule has 5 nitrogen and oxygen atoms in total. The molecule has 1 saturated heterocycles. The first-order valence-corrected chi connectivity index (χ1v) is 4.79. The van der Waals surface area contributed by atoms with Crippen LogP contribution >= 0.6 is 0 Å². The summed E-state index contributed by atoms with van der Waals surface area (Å²) in [5, 5.41) is 7.01. The van der Waals surface area contributed by atoms with Crippen LogP contribution in [0, 0.1) is 6.92 Å². The Labute approximate surface area is 82.8 Å². The Morgan fingerprint density at radius 1 is 1.43 bits per heavy atom. The Balaban J connectivity index is 2.26. The van der Waals surface area contributed by atoms with Crippen molar-refractivity contribution in [2.24, 2.45) is 0 Å². The summed E-state index contributed by atoms with van der Waals surface area (Å²) in [6, 6.07) is 0. The van der Waals surface area contributed by atoms with Crippen molar-refractivity contribution in [1.29, 1.82) is 0 Å². The second kappa shape index (κ2) is 3.67. The smallest absolute Gasteiger partial charge is 0.182 e. The molecule has 0 aromatic carbocycles. The topological polar surface area (TPSA) is 60.0 Å². The maximum Gasteiger partial charge on any atom is 0.182 e. The molecule has 0 spiro atoms. The van der Waals surface area contributed by atoms with Crippen LogP contribution in [0.5, 0.6) is 0 Å². The summed E-state index contributed by atoms with van der Waals surface area (Å²) in [5.41, 5.74) is -0.344. The summed E-state index contributed by atoms with van der Waals surface area (Å²) in [7, 11) is 1.71. The van der Waals surface area contributed by atoms with Gasteiger partial charge in [-0.25, -0.2) is 4.98 Å². The number of ether oxygens (including phenoxy) is 2. The summed E-state index contributed by atoms with van der Waals surface area (Å²) in [6.45, 7) is 3.31. The SMILES string of the molecule is COC1(c2n[nH]c(C)n2)CCOCC1. The lowest BCUT2D eigenvalue weighted by molar-refractivity contribution is -0.0998. The third-order valence-electron chi connectivity index (χ3n) is 2.70. The Morgan fingerprint density at radius 2 is 2.14 bits per heavy atom. The molecule has 2 rings (SSSR count). The fourth-order valence-electron chi connectivity index (χ4n) is 1.77. The number of H-pyrrole nitrogens is 1. The Hall–Kier alpha value is -0.940. The van der Waals surface area contributed by atoms with Gasteiger partial charge in [0.1, 0.15) is 11.4 Å². The van der Waals surface area contributed by atoms with Gasteiger partial charge in [0.25, 0.3) is 0 Å². The molecule has 1 fully saturated rings. The Morgan fingerprint density at radius 3 is 2.64 bits per heavy atom. The maximum absolute atomic E-state index is 5.55. The number of methoxy groups -OCH3 is 1. The van der Waals surface area contributed by atoms with Gasteiger partial charge in [-0.05, 0) is 6.92 Å². The van der Waals surface area contributed by atoms with Gasteiger partial charge in [0.05, 0.1) is 0 Å². The minimum Gasteiger partial charge on any atom is -0.381 e. The average molecular weight is 197 g/mol. The number of nitrogens with one attached hydrogen (secondary N) is 1. The van der Waals surface area contributed by atoms with Gasteiger partial charge in [-0.2, -0.15) is 5.10 Å². The molecule has 0 unspecified atom stereocenters. The fourth-order valence-corrected chi connectivity index (χ4v) is 1.77. The lowest BCUT2D eigenvalue weighted by atomic mass is 9.93. The molecule has 1 aliphatic rings. The summed E-state index contributed by atoms with van der Waals surface area (Å²) < 4.78 is 10.9. The zero-order valence-electron chi connectivity index (χ0n) is 8.54. The molecule has 78 valence electrons. The highest BCUT2D eigenvalue weighted by molar-refractivity contribution is 5.03. The van der Waals surface area contributed by atoms with Crippen LogP contribution in [0.25, 0.3) is 0 Å². The zero-order valence-corrected chi connectivity index (χ0v) is 8.54. The van der Waals surface area contributed by atoms with Crippen molar-refractivity contribution in [3.8, 4) is 0 Å². The molecule has 1 N–H and O–H groups in total. The first-order valence-electron chi connectivity index (χ1n) is 4.79. The van der Waals surface area contributed by atoms with Gasteiger partial charge in [0, 0.05) is 33.2 Å². The summed E-state index contributed by atoms with van der Waals surface area (Å²) in [5.74, 6) is 1.57. The third kappa shape index (κ3) is 1.53. The molecule has 1 aromatic heterocycles. The van der Waals surface area contributed by atoms with Crippen LogP contribution in [0.15, 0.2) is 0 Å². The van der Waals surface area contributed by atoms with Gasteiger partial charge in [-0.15, -0.1) is 0 Å². The van der Waals surface area contributed by atoms with Crippen molar-refractivity contribution < 1.29 is 9.47 Å².